The first kappa shape index (κ1) is 27.4. The van der Waals surface area contributed by atoms with Crippen molar-refractivity contribution in [2.45, 2.75) is 0 Å². The van der Waals surface area contributed by atoms with E-state index in [1.54, 1.807) is 12.4 Å². The molecule has 0 N–H and O–H groups in total. The number of furan rings is 1. The van der Waals surface area contributed by atoms with Gasteiger partial charge in [-0.1, -0.05) is 115 Å². The molecule has 0 saturated heterocycles. The van der Waals surface area contributed by atoms with E-state index < -0.39 is 0 Å². The second-order valence-corrected chi connectivity index (χ2v) is 12.3. The molecule has 228 valence electrons. The van der Waals surface area contributed by atoms with Crippen LogP contribution in [0, 0.1) is 0 Å². The lowest BCUT2D eigenvalue weighted by atomic mass is 9.97. The zero-order chi connectivity index (χ0) is 32.3. The van der Waals surface area contributed by atoms with Crippen LogP contribution in [0.4, 0.5) is 0 Å². The molecular weight excluding hydrogens is 601 g/mol. The molecule has 0 saturated carbocycles. The molecule has 5 heteroatoms. The molecule has 0 aliphatic rings. The Labute approximate surface area is 281 Å². The molecule has 10 aromatic rings. The molecule has 5 nitrogen and oxygen atoms in total. The van der Waals surface area contributed by atoms with Crippen molar-refractivity contribution in [2.75, 3.05) is 0 Å². The second-order valence-electron chi connectivity index (χ2n) is 12.3. The Bertz CT molecular complexity index is 2890. The van der Waals surface area contributed by atoms with Crippen LogP contribution in [0.15, 0.2) is 162 Å². The third-order valence-electron chi connectivity index (χ3n) is 9.40. The molecule has 0 unspecified atom stereocenters. The van der Waals surface area contributed by atoms with Gasteiger partial charge in [0.25, 0.3) is 0 Å². The van der Waals surface area contributed by atoms with Crippen molar-refractivity contribution < 1.29 is 4.42 Å². The average molecular weight is 627 g/mol. The normalized spacial score (nSPS) is 11.7. The number of pyridine rings is 1. The predicted octanol–water partition coefficient (Wildman–Crippen LogP) is 11.3. The van der Waals surface area contributed by atoms with E-state index in [1.807, 2.05) is 6.07 Å². The number of rotatable bonds is 4. The summed E-state index contributed by atoms with van der Waals surface area (Å²) in [5.41, 5.74) is 6.75. The number of nitrogens with zero attached hydrogens (tertiary/aromatic N) is 4. The van der Waals surface area contributed by atoms with E-state index in [0.717, 1.165) is 60.4 Å². The predicted molar refractivity (Wildman–Crippen MR) is 199 cm³/mol. The lowest BCUT2D eigenvalue weighted by Crippen LogP contribution is -2.00. The van der Waals surface area contributed by atoms with E-state index in [9.17, 15) is 0 Å². The van der Waals surface area contributed by atoms with Crippen LogP contribution in [-0.2, 0) is 0 Å². The van der Waals surface area contributed by atoms with Crippen molar-refractivity contribution in [1.82, 2.24) is 19.9 Å². The highest BCUT2D eigenvalue weighted by molar-refractivity contribution is 6.15. The fraction of sp³-hybridized carbons (Fsp3) is 0. The molecule has 7 aromatic carbocycles. The van der Waals surface area contributed by atoms with Gasteiger partial charge in [0.05, 0.1) is 6.20 Å². The van der Waals surface area contributed by atoms with Gasteiger partial charge in [-0.25, -0.2) is 15.0 Å². The van der Waals surface area contributed by atoms with E-state index in [0.29, 0.717) is 17.5 Å². The number of aromatic nitrogens is 4. The lowest BCUT2D eigenvalue weighted by molar-refractivity contribution is 0.670. The maximum Gasteiger partial charge on any atom is 0.164 e. The van der Waals surface area contributed by atoms with Crippen molar-refractivity contribution in [3.05, 3.63) is 158 Å². The summed E-state index contributed by atoms with van der Waals surface area (Å²) in [6.07, 6.45) is 3.57. The lowest BCUT2D eigenvalue weighted by Gasteiger charge is -2.11. The van der Waals surface area contributed by atoms with Gasteiger partial charge in [-0.05, 0) is 68.4 Å². The number of hydrogen-bond donors (Lipinski definition) is 0. The maximum atomic E-state index is 6.26. The quantitative estimate of drug-likeness (QED) is 0.194. The molecule has 49 heavy (non-hydrogen) atoms. The summed E-state index contributed by atoms with van der Waals surface area (Å²) < 4.78 is 6.26. The topological polar surface area (TPSA) is 64.7 Å². The van der Waals surface area contributed by atoms with Crippen molar-refractivity contribution in [1.29, 1.82) is 0 Å². The minimum atomic E-state index is 0.613. The molecule has 0 aliphatic heterocycles. The Kier molecular flexibility index (Phi) is 6.11. The summed E-state index contributed by atoms with van der Waals surface area (Å²) in [7, 11) is 0. The van der Waals surface area contributed by atoms with Crippen LogP contribution in [-0.4, -0.2) is 19.9 Å². The Morgan fingerprint density at radius 1 is 0.388 bits per heavy atom. The van der Waals surface area contributed by atoms with Crippen LogP contribution in [0.25, 0.3) is 99.5 Å². The zero-order valence-corrected chi connectivity index (χ0v) is 26.2. The molecule has 0 atom stereocenters. The van der Waals surface area contributed by atoms with E-state index in [1.165, 1.54) is 21.7 Å². The van der Waals surface area contributed by atoms with Crippen LogP contribution >= 0.6 is 0 Å². The van der Waals surface area contributed by atoms with Crippen molar-refractivity contribution in [3.8, 4) is 45.3 Å². The largest absolute Gasteiger partial charge is 0.454 e. The van der Waals surface area contributed by atoms with Crippen molar-refractivity contribution in [2.24, 2.45) is 0 Å². The fourth-order valence-electron chi connectivity index (χ4n) is 6.92. The molecule has 0 spiro atoms. The number of benzene rings is 7. The summed E-state index contributed by atoms with van der Waals surface area (Å²) in [5, 5.41) is 8.98. The van der Waals surface area contributed by atoms with Gasteiger partial charge in [-0.15, -0.1) is 0 Å². The Morgan fingerprint density at radius 3 is 1.84 bits per heavy atom. The van der Waals surface area contributed by atoms with Gasteiger partial charge < -0.3 is 4.42 Å². The van der Waals surface area contributed by atoms with E-state index in [-0.39, 0.29) is 0 Å². The van der Waals surface area contributed by atoms with Gasteiger partial charge >= 0.3 is 0 Å². The van der Waals surface area contributed by atoms with E-state index in [4.69, 9.17) is 19.4 Å². The van der Waals surface area contributed by atoms with Gasteiger partial charge in [0.1, 0.15) is 5.58 Å². The molecule has 3 aromatic heterocycles. The third kappa shape index (κ3) is 4.63. The SMILES string of the molecule is c1ccc2cc(-c3nc(-c4ccc(-c5cccc6ccccc56)cc4)nc(-c4ccc5c(ccc6c7ccncc7oc56)c4)n3)ccc2c1. The summed E-state index contributed by atoms with van der Waals surface area (Å²) in [6.45, 7) is 0. The Balaban J connectivity index is 1.12. The minimum absolute atomic E-state index is 0.613. The second kappa shape index (κ2) is 10.9. The molecule has 0 amide bonds. The maximum absolute atomic E-state index is 6.26. The van der Waals surface area contributed by atoms with E-state index >= 15 is 0 Å². The molecular formula is C44H26N4O. The van der Waals surface area contributed by atoms with Gasteiger partial charge in [0.2, 0.25) is 0 Å². The summed E-state index contributed by atoms with van der Waals surface area (Å²) in [4.78, 5) is 19.4. The minimum Gasteiger partial charge on any atom is -0.454 e. The smallest absolute Gasteiger partial charge is 0.164 e. The Morgan fingerprint density at radius 2 is 1.00 bits per heavy atom. The average Bonchev–Trinajstić information content (AvgIpc) is 3.56. The van der Waals surface area contributed by atoms with E-state index in [2.05, 4.69) is 145 Å². The molecule has 0 radical (unpaired) electrons. The zero-order valence-electron chi connectivity index (χ0n) is 26.2. The molecule has 0 bridgehead atoms. The van der Waals surface area contributed by atoms with Crippen LogP contribution in [0.5, 0.6) is 0 Å². The highest BCUT2D eigenvalue weighted by Gasteiger charge is 2.16. The van der Waals surface area contributed by atoms with Crippen LogP contribution in [0.1, 0.15) is 0 Å². The van der Waals surface area contributed by atoms with Gasteiger partial charge in [-0.2, -0.15) is 0 Å². The summed E-state index contributed by atoms with van der Waals surface area (Å²) in [6, 6.07) is 50.7. The first-order chi connectivity index (χ1) is 24.2. The number of fused-ring (bicyclic) bond motifs is 7. The molecule has 0 aliphatic carbocycles. The first-order valence-corrected chi connectivity index (χ1v) is 16.3. The standard InChI is InChI=1S/C44H26N4O/c1-2-8-31-24-33(17-12-27(31)6-1)43-46-42(30-15-13-29(14-16-30)36-11-5-9-28-7-3-4-10-35(28)36)47-44(48-43)34-19-20-37-32(25-34)18-21-39-38-22-23-45-26-40(38)49-41(37)39/h1-26H. The van der Waals surface area contributed by atoms with Crippen LogP contribution in [0.3, 0.4) is 0 Å². The summed E-state index contributed by atoms with van der Waals surface area (Å²) >= 11 is 0. The number of hydrogen-bond acceptors (Lipinski definition) is 5. The van der Waals surface area contributed by atoms with Crippen LogP contribution in [0.2, 0.25) is 0 Å². The van der Waals surface area contributed by atoms with Crippen LogP contribution < -0.4 is 0 Å². The van der Waals surface area contributed by atoms with Gasteiger partial charge in [0, 0.05) is 39.0 Å². The van der Waals surface area contributed by atoms with Gasteiger partial charge in [0.15, 0.2) is 23.1 Å². The van der Waals surface area contributed by atoms with Crippen molar-refractivity contribution in [3.63, 3.8) is 0 Å². The highest BCUT2D eigenvalue weighted by atomic mass is 16.3. The Hall–Kier alpha value is -6.72. The summed E-state index contributed by atoms with van der Waals surface area (Å²) in [5.74, 6) is 1.87. The monoisotopic (exact) mass is 626 g/mol. The van der Waals surface area contributed by atoms with Crippen molar-refractivity contribution >= 4 is 54.3 Å². The third-order valence-corrected chi connectivity index (χ3v) is 9.40. The fourth-order valence-corrected chi connectivity index (χ4v) is 6.92. The first-order valence-electron chi connectivity index (χ1n) is 16.3. The molecule has 10 rings (SSSR count). The van der Waals surface area contributed by atoms with Gasteiger partial charge in [-0.3, -0.25) is 4.98 Å². The highest BCUT2D eigenvalue weighted by Crippen LogP contribution is 2.36. The molecule has 0 fully saturated rings. The molecule has 3 heterocycles.